The van der Waals surface area contributed by atoms with E-state index in [1.165, 1.54) is 11.8 Å². The molecule has 1 rings (SSSR count). The van der Waals surface area contributed by atoms with Crippen LogP contribution in [0.1, 0.15) is 0 Å². The van der Waals surface area contributed by atoms with E-state index in [4.69, 9.17) is 19.3 Å². The Bertz CT molecular complexity index is 341. The average Bonchev–Trinajstić information content (AvgIpc) is 2.35. The lowest BCUT2D eigenvalue weighted by molar-refractivity contribution is 0.322. The first kappa shape index (κ1) is 13.0. The number of methoxy groups -OCH3 is 3. The van der Waals surface area contributed by atoms with Crippen LogP contribution in [0.5, 0.6) is 17.2 Å². The molecule has 0 saturated carbocycles. The zero-order valence-corrected chi connectivity index (χ0v) is 10.5. The standard InChI is InChI=1S/C11H16O4S/c1-13-8-6-10(15-3)11(16-5-4-12)7-9(8)14-2/h6-7,12H,4-5H2,1-3H3. The Balaban J connectivity index is 3.05. The van der Waals surface area contributed by atoms with Gasteiger partial charge in [0.2, 0.25) is 0 Å². The van der Waals surface area contributed by atoms with Crippen molar-refractivity contribution >= 4 is 11.8 Å². The molecule has 0 radical (unpaired) electrons. The van der Waals surface area contributed by atoms with Crippen molar-refractivity contribution in [2.24, 2.45) is 0 Å². The first-order valence-corrected chi connectivity index (χ1v) is 5.79. The molecule has 4 nitrogen and oxygen atoms in total. The molecule has 0 atom stereocenters. The predicted molar refractivity (Wildman–Crippen MR) is 63.9 cm³/mol. The Kier molecular flexibility index (Phi) is 5.28. The van der Waals surface area contributed by atoms with Crippen LogP contribution in [0.15, 0.2) is 17.0 Å². The fourth-order valence-corrected chi connectivity index (χ4v) is 2.06. The number of rotatable bonds is 6. The van der Waals surface area contributed by atoms with Crippen molar-refractivity contribution in [3.63, 3.8) is 0 Å². The minimum atomic E-state index is 0.127. The Labute approximate surface area is 99.5 Å². The third kappa shape index (κ3) is 2.96. The molecular formula is C11H16O4S. The van der Waals surface area contributed by atoms with Crippen LogP contribution in [0.4, 0.5) is 0 Å². The van der Waals surface area contributed by atoms with Crippen molar-refractivity contribution in [3.05, 3.63) is 12.1 Å². The van der Waals surface area contributed by atoms with E-state index in [0.29, 0.717) is 17.3 Å². The molecule has 0 aromatic heterocycles. The molecule has 0 aliphatic carbocycles. The summed E-state index contributed by atoms with van der Waals surface area (Å²) in [7, 11) is 4.77. The highest BCUT2D eigenvalue weighted by molar-refractivity contribution is 7.99. The van der Waals surface area contributed by atoms with Crippen LogP contribution in [0.2, 0.25) is 0 Å². The molecular weight excluding hydrogens is 228 g/mol. The molecule has 0 amide bonds. The van der Waals surface area contributed by atoms with E-state index < -0.39 is 0 Å². The predicted octanol–water partition coefficient (Wildman–Crippen LogP) is 1.80. The summed E-state index contributed by atoms with van der Waals surface area (Å²) in [4.78, 5) is 0.925. The maximum absolute atomic E-state index is 8.80. The third-order valence-corrected chi connectivity index (χ3v) is 3.04. The van der Waals surface area contributed by atoms with Gasteiger partial charge in [0.15, 0.2) is 11.5 Å². The van der Waals surface area contributed by atoms with Gasteiger partial charge >= 0.3 is 0 Å². The van der Waals surface area contributed by atoms with Gasteiger partial charge in [-0.1, -0.05) is 0 Å². The van der Waals surface area contributed by atoms with Gasteiger partial charge in [-0.15, -0.1) is 11.8 Å². The highest BCUT2D eigenvalue weighted by Gasteiger charge is 2.11. The van der Waals surface area contributed by atoms with Crippen LogP contribution in [0, 0.1) is 0 Å². The van der Waals surface area contributed by atoms with E-state index in [1.807, 2.05) is 6.07 Å². The molecule has 0 spiro atoms. The van der Waals surface area contributed by atoms with Crippen molar-refractivity contribution < 1.29 is 19.3 Å². The van der Waals surface area contributed by atoms with Gasteiger partial charge in [-0.05, 0) is 0 Å². The molecule has 5 heteroatoms. The van der Waals surface area contributed by atoms with Crippen LogP contribution in [0.25, 0.3) is 0 Å². The molecule has 1 N–H and O–H groups in total. The molecule has 0 aliphatic rings. The Morgan fingerprint density at radius 1 is 1.00 bits per heavy atom. The molecule has 0 unspecified atom stereocenters. The number of ether oxygens (including phenoxy) is 3. The minimum absolute atomic E-state index is 0.127. The molecule has 0 fully saturated rings. The zero-order valence-electron chi connectivity index (χ0n) is 9.65. The first-order valence-electron chi connectivity index (χ1n) is 4.80. The number of hydrogen-bond acceptors (Lipinski definition) is 5. The van der Waals surface area contributed by atoms with Crippen molar-refractivity contribution in [2.75, 3.05) is 33.7 Å². The molecule has 0 saturated heterocycles. The Hall–Kier alpha value is -1.07. The Morgan fingerprint density at radius 3 is 2.06 bits per heavy atom. The smallest absolute Gasteiger partial charge is 0.164 e. The topological polar surface area (TPSA) is 47.9 Å². The number of benzene rings is 1. The molecule has 0 aliphatic heterocycles. The summed E-state index contributed by atoms with van der Waals surface area (Å²) in [5, 5.41) is 8.80. The maximum atomic E-state index is 8.80. The summed E-state index contributed by atoms with van der Waals surface area (Å²) >= 11 is 1.51. The molecule has 0 heterocycles. The lowest BCUT2D eigenvalue weighted by atomic mass is 10.3. The van der Waals surface area contributed by atoms with Crippen molar-refractivity contribution in [1.29, 1.82) is 0 Å². The van der Waals surface area contributed by atoms with Crippen LogP contribution < -0.4 is 14.2 Å². The van der Waals surface area contributed by atoms with E-state index in [1.54, 1.807) is 27.4 Å². The van der Waals surface area contributed by atoms with Gasteiger partial charge < -0.3 is 19.3 Å². The quantitative estimate of drug-likeness (QED) is 0.773. The van der Waals surface area contributed by atoms with Gasteiger partial charge in [-0.3, -0.25) is 0 Å². The molecule has 1 aromatic carbocycles. The number of hydrogen-bond donors (Lipinski definition) is 1. The second-order valence-electron chi connectivity index (χ2n) is 2.93. The van der Waals surface area contributed by atoms with Crippen molar-refractivity contribution in [2.45, 2.75) is 4.90 Å². The average molecular weight is 244 g/mol. The lowest BCUT2D eigenvalue weighted by Gasteiger charge is -2.13. The summed E-state index contributed by atoms with van der Waals surface area (Å²) in [6, 6.07) is 3.62. The van der Waals surface area contributed by atoms with E-state index in [9.17, 15) is 0 Å². The van der Waals surface area contributed by atoms with Gasteiger partial charge in [-0.2, -0.15) is 0 Å². The van der Waals surface area contributed by atoms with E-state index in [-0.39, 0.29) is 6.61 Å². The van der Waals surface area contributed by atoms with Crippen molar-refractivity contribution in [1.82, 2.24) is 0 Å². The summed E-state index contributed by atoms with van der Waals surface area (Å²) in [5.41, 5.74) is 0. The third-order valence-electron chi connectivity index (χ3n) is 2.02. The molecule has 16 heavy (non-hydrogen) atoms. The van der Waals surface area contributed by atoms with Crippen LogP contribution in [-0.2, 0) is 0 Å². The van der Waals surface area contributed by atoms with E-state index >= 15 is 0 Å². The number of aliphatic hydroxyl groups is 1. The fraction of sp³-hybridized carbons (Fsp3) is 0.455. The summed E-state index contributed by atoms with van der Waals surface area (Å²) < 4.78 is 15.6. The largest absolute Gasteiger partial charge is 0.495 e. The van der Waals surface area contributed by atoms with Crippen LogP contribution in [0.3, 0.4) is 0 Å². The maximum Gasteiger partial charge on any atom is 0.164 e. The molecule has 1 aromatic rings. The van der Waals surface area contributed by atoms with Crippen molar-refractivity contribution in [3.8, 4) is 17.2 Å². The minimum Gasteiger partial charge on any atom is -0.495 e. The summed E-state index contributed by atoms with van der Waals surface area (Å²) in [6.45, 7) is 0.127. The first-order chi connectivity index (χ1) is 7.76. The zero-order chi connectivity index (χ0) is 12.0. The van der Waals surface area contributed by atoms with Gasteiger partial charge in [0, 0.05) is 17.9 Å². The highest BCUT2D eigenvalue weighted by atomic mass is 32.2. The highest BCUT2D eigenvalue weighted by Crippen LogP contribution is 2.39. The SMILES string of the molecule is COc1cc(OC)c(SCCO)cc1OC. The van der Waals surface area contributed by atoms with Gasteiger partial charge in [0.1, 0.15) is 5.75 Å². The number of aliphatic hydroxyl groups excluding tert-OH is 1. The van der Waals surface area contributed by atoms with Gasteiger partial charge in [0.05, 0.1) is 32.8 Å². The molecule has 90 valence electrons. The number of thioether (sulfide) groups is 1. The van der Waals surface area contributed by atoms with Crippen LogP contribution in [-0.4, -0.2) is 38.8 Å². The summed E-state index contributed by atoms with van der Waals surface area (Å²) in [5.74, 6) is 2.62. The normalized spacial score (nSPS) is 10.0. The molecule has 0 bridgehead atoms. The van der Waals surface area contributed by atoms with Crippen LogP contribution >= 0.6 is 11.8 Å². The van der Waals surface area contributed by atoms with Gasteiger partial charge in [0.25, 0.3) is 0 Å². The monoisotopic (exact) mass is 244 g/mol. The fourth-order valence-electron chi connectivity index (χ4n) is 1.27. The van der Waals surface area contributed by atoms with E-state index in [2.05, 4.69) is 0 Å². The Morgan fingerprint density at radius 2 is 1.56 bits per heavy atom. The summed E-state index contributed by atoms with van der Waals surface area (Å²) in [6.07, 6.45) is 0. The lowest BCUT2D eigenvalue weighted by Crippen LogP contribution is -1.95. The second kappa shape index (κ2) is 6.50. The second-order valence-corrected chi connectivity index (χ2v) is 4.07. The van der Waals surface area contributed by atoms with Gasteiger partial charge in [-0.25, -0.2) is 0 Å². The van der Waals surface area contributed by atoms with E-state index in [0.717, 1.165) is 10.6 Å².